The second kappa shape index (κ2) is 9.00. The SMILES string of the molecule is COc1cc(/C=N/Nc2nc(C)cc(=O)[nH]2)ccc1OS(=O)(=O)c1cc(C)ccc1C. The van der Waals surface area contributed by atoms with E-state index in [1.54, 1.807) is 38.1 Å². The Balaban J connectivity index is 1.81. The van der Waals surface area contributed by atoms with Crippen LogP contribution in [0.5, 0.6) is 11.5 Å². The highest BCUT2D eigenvalue weighted by Crippen LogP contribution is 2.31. The molecule has 2 N–H and O–H groups in total. The number of rotatable bonds is 7. The predicted octanol–water partition coefficient (Wildman–Crippen LogP) is 2.92. The first kappa shape index (κ1) is 22.0. The van der Waals surface area contributed by atoms with Gasteiger partial charge in [-0.3, -0.25) is 9.78 Å². The summed E-state index contributed by atoms with van der Waals surface area (Å²) in [7, 11) is -2.63. The molecule has 0 spiro atoms. The molecule has 3 rings (SSSR count). The number of nitrogens with one attached hydrogen (secondary N) is 2. The fraction of sp³-hybridized carbons (Fsp3) is 0.190. The summed E-state index contributed by atoms with van der Waals surface area (Å²) in [5, 5.41) is 4.02. The van der Waals surface area contributed by atoms with Crippen molar-refractivity contribution in [2.75, 3.05) is 12.5 Å². The standard InChI is InChI=1S/C21H22N4O5S/c1-13-5-6-14(2)19(9-13)31(27,28)30-17-8-7-16(11-18(17)29-4)12-22-25-21-23-15(3)10-20(26)24-21/h5-12H,1-4H3,(H2,23,24,25,26)/b22-12+. The van der Waals surface area contributed by atoms with E-state index < -0.39 is 10.1 Å². The van der Waals surface area contributed by atoms with Crippen molar-refractivity contribution in [1.82, 2.24) is 9.97 Å². The Labute approximate surface area is 179 Å². The molecule has 0 aliphatic carbocycles. The summed E-state index contributed by atoms with van der Waals surface area (Å²) in [5.41, 5.74) is 4.89. The number of benzene rings is 2. The van der Waals surface area contributed by atoms with Crippen LogP contribution in [0.1, 0.15) is 22.4 Å². The third-order valence-electron chi connectivity index (χ3n) is 4.25. The van der Waals surface area contributed by atoms with E-state index in [-0.39, 0.29) is 27.9 Å². The first-order valence-electron chi connectivity index (χ1n) is 9.25. The molecule has 1 aromatic heterocycles. The van der Waals surface area contributed by atoms with Gasteiger partial charge >= 0.3 is 10.1 Å². The average Bonchev–Trinajstić information content (AvgIpc) is 2.70. The number of methoxy groups -OCH3 is 1. The Morgan fingerprint density at radius 3 is 2.55 bits per heavy atom. The lowest BCUT2D eigenvalue weighted by atomic mass is 10.2. The van der Waals surface area contributed by atoms with Gasteiger partial charge in [0.1, 0.15) is 4.90 Å². The fourth-order valence-corrected chi connectivity index (χ4v) is 4.03. The smallest absolute Gasteiger partial charge is 0.339 e. The lowest BCUT2D eigenvalue weighted by Crippen LogP contribution is -2.12. The van der Waals surface area contributed by atoms with Crippen LogP contribution in [0, 0.1) is 20.8 Å². The number of hydrogen-bond acceptors (Lipinski definition) is 8. The van der Waals surface area contributed by atoms with Crippen molar-refractivity contribution in [1.29, 1.82) is 0 Å². The highest BCUT2D eigenvalue weighted by Gasteiger charge is 2.21. The molecule has 0 saturated carbocycles. The molecule has 3 aromatic rings. The van der Waals surface area contributed by atoms with Gasteiger partial charge in [-0.2, -0.15) is 13.5 Å². The van der Waals surface area contributed by atoms with E-state index >= 15 is 0 Å². The van der Waals surface area contributed by atoms with Crippen molar-refractivity contribution in [3.8, 4) is 11.5 Å². The maximum atomic E-state index is 12.8. The summed E-state index contributed by atoms with van der Waals surface area (Å²) >= 11 is 0. The van der Waals surface area contributed by atoms with Gasteiger partial charge in [0, 0.05) is 11.8 Å². The summed E-state index contributed by atoms with van der Waals surface area (Å²) in [5.74, 6) is 0.478. The third-order valence-corrected chi connectivity index (χ3v) is 5.63. The van der Waals surface area contributed by atoms with Crippen LogP contribution in [-0.4, -0.2) is 31.7 Å². The van der Waals surface area contributed by atoms with E-state index in [1.807, 2.05) is 13.0 Å². The molecule has 10 heteroatoms. The number of aromatic amines is 1. The maximum Gasteiger partial charge on any atom is 0.339 e. The summed E-state index contributed by atoms with van der Waals surface area (Å²) < 4.78 is 36.1. The lowest BCUT2D eigenvalue weighted by molar-refractivity contribution is 0.390. The molecule has 0 amide bonds. The molecule has 162 valence electrons. The molecule has 9 nitrogen and oxygen atoms in total. The number of anilines is 1. The van der Waals surface area contributed by atoms with Crippen LogP contribution in [0.15, 0.2) is 57.3 Å². The lowest BCUT2D eigenvalue weighted by Gasteiger charge is -2.13. The number of aryl methyl sites for hydroxylation is 3. The van der Waals surface area contributed by atoms with Gasteiger partial charge in [-0.1, -0.05) is 12.1 Å². The molecule has 0 aliphatic heterocycles. The topological polar surface area (TPSA) is 123 Å². The van der Waals surface area contributed by atoms with Crippen molar-refractivity contribution in [2.24, 2.45) is 5.10 Å². The molecule has 1 heterocycles. The van der Waals surface area contributed by atoms with Gasteiger partial charge < -0.3 is 8.92 Å². The number of hydrazone groups is 1. The number of aromatic nitrogens is 2. The molecule has 0 unspecified atom stereocenters. The summed E-state index contributed by atoms with van der Waals surface area (Å²) in [4.78, 5) is 18.2. The second-order valence-corrected chi connectivity index (χ2v) is 8.34. The van der Waals surface area contributed by atoms with E-state index in [4.69, 9.17) is 8.92 Å². The minimum atomic E-state index is -4.04. The molecular weight excluding hydrogens is 420 g/mol. The van der Waals surface area contributed by atoms with E-state index in [1.165, 1.54) is 25.5 Å². The van der Waals surface area contributed by atoms with Gasteiger partial charge in [0.15, 0.2) is 11.5 Å². The zero-order valence-electron chi connectivity index (χ0n) is 17.5. The predicted molar refractivity (Wildman–Crippen MR) is 118 cm³/mol. The molecule has 0 atom stereocenters. The van der Waals surface area contributed by atoms with Crippen molar-refractivity contribution < 1.29 is 17.3 Å². The normalized spacial score (nSPS) is 11.5. The van der Waals surface area contributed by atoms with Gasteiger partial charge in [0.05, 0.1) is 13.3 Å². The van der Waals surface area contributed by atoms with Crippen molar-refractivity contribution >= 4 is 22.3 Å². The van der Waals surface area contributed by atoms with E-state index in [2.05, 4.69) is 20.5 Å². The summed E-state index contributed by atoms with van der Waals surface area (Å²) in [6.45, 7) is 5.21. The third kappa shape index (κ3) is 5.48. The van der Waals surface area contributed by atoms with Crippen LogP contribution in [0.25, 0.3) is 0 Å². The molecule has 31 heavy (non-hydrogen) atoms. The highest BCUT2D eigenvalue weighted by molar-refractivity contribution is 7.87. The molecular formula is C21H22N4O5S. The van der Waals surface area contributed by atoms with Crippen LogP contribution in [-0.2, 0) is 10.1 Å². The van der Waals surface area contributed by atoms with Crippen molar-refractivity contribution in [3.05, 3.63) is 75.2 Å². The summed E-state index contributed by atoms with van der Waals surface area (Å²) in [6, 6.07) is 11.2. The van der Waals surface area contributed by atoms with Gasteiger partial charge in [-0.05, 0) is 61.7 Å². The first-order chi connectivity index (χ1) is 14.7. The monoisotopic (exact) mass is 442 g/mol. The number of ether oxygens (including phenoxy) is 1. The molecule has 0 saturated heterocycles. The minimum absolute atomic E-state index is 0.0539. The van der Waals surface area contributed by atoms with Crippen LogP contribution in [0.2, 0.25) is 0 Å². The molecule has 2 aromatic carbocycles. The minimum Gasteiger partial charge on any atom is -0.493 e. The fourth-order valence-electron chi connectivity index (χ4n) is 2.77. The molecule has 0 aliphatic rings. The van der Waals surface area contributed by atoms with E-state index in [0.29, 0.717) is 16.8 Å². The number of hydrogen-bond donors (Lipinski definition) is 2. The highest BCUT2D eigenvalue weighted by atomic mass is 32.2. The van der Waals surface area contributed by atoms with Gasteiger partial charge in [-0.15, -0.1) is 0 Å². The zero-order chi connectivity index (χ0) is 22.6. The Bertz CT molecular complexity index is 1300. The van der Waals surface area contributed by atoms with Crippen LogP contribution >= 0.6 is 0 Å². The number of nitrogens with zero attached hydrogens (tertiary/aromatic N) is 2. The van der Waals surface area contributed by atoms with Crippen LogP contribution < -0.4 is 19.9 Å². The Hall–Kier alpha value is -3.66. The van der Waals surface area contributed by atoms with Crippen LogP contribution in [0.4, 0.5) is 5.95 Å². The molecule has 0 fully saturated rings. The van der Waals surface area contributed by atoms with Gasteiger partial charge in [0.2, 0.25) is 5.95 Å². The van der Waals surface area contributed by atoms with E-state index in [9.17, 15) is 13.2 Å². The number of H-pyrrole nitrogens is 1. The Morgan fingerprint density at radius 1 is 1.06 bits per heavy atom. The van der Waals surface area contributed by atoms with Gasteiger partial charge in [-0.25, -0.2) is 10.4 Å². The molecule has 0 radical (unpaired) electrons. The van der Waals surface area contributed by atoms with E-state index in [0.717, 1.165) is 5.56 Å². The maximum absolute atomic E-state index is 12.8. The Kier molecular flexibility index (Phi) is 6.40. The zero-order valence-corrected chi connectivity index (χ0v) is 18.3. The van der Waals surface area contributed by atoms with Gasteiger partial charge in [0.25, 0.3) is 5.56 Å². The summed E-state index contributed by atoms with van der Waals surface area (Å²) in [6.07, 6.45) is 1.47. The van der Waals surface area contributed by atoms with Crippen molar-refractivity contribution in [2.45, 2.75) is 25.7 Å². The van der Waals surface area contributed by atoms with Crippen LogP contribution in [0.3, 0.4) is 0 Å². The molecule has 0 bridgehead atoms. The second-order valence-electron chi connectivity index (χ2n) is 6.82. The first-order valence-corrected chi connectivity index (χ1v) is 10.7. The quantitative estimate of drug-likeness (QED) is 0.328. The van der Waals surface area contributed by atoms with Crippen molar-refractivity contribution in [3.63, 3.8) is 0 Å². The largest absolute Gasteiger partial charge is 0.493 e. The Morgan fingerprint density at radius 2 is 1.84 bits per heavy atom. The average molecular weight is 442 g/mol.